The summed E-state index contributed by atoms with van der Waals surface area (Å²) < 4.78 is 11.2. The Morgan fingerprint density at radius 1 is 1.31 bits per heavy atom. The number of carbonyl (C=O) groups excluding carboxylic acids is 2. The molecule has 0 N–H and O–H groups in total. The zero-order valence-corrected chi connectivity index (χ0v) is 16.2. The molecular formula is C19H26N2O4S. The molecule has 0 aromatic carbocycles. The Labute approximate surface area is 158 Å². The monoisotopic (exact) mass is 378 g/mol. The highest BCUT2D eigenvalue weighted by Gasteiger charge is 2.38. The normalized spacial score (nSPS) is 23.3. The van der Waals surface area contributed by atoms with Crippen LogP contribution in [-0.2, 0) is 4.79 Å². The van der Waals surface area contributed by atoms with Crippen LogP contribution >= 0.6 is 11.3 Å². The Kier molecular flexibility index (Phi) is 4.82. The van der Waals surface area contributed by atoms with Crippen LogP contribution in [-0.4, -0.2) is 60.5 Å². The van der Waals surface area contributed by atoms with E-state index in [2.05, 4.69) is 13.8 Å². The molecule has 2 aliphatic heterocycles. The van der Waals surface area contributed by atoms with Crippen LogP contribution in [0.5, 0.6) is 11.5 Å². The fourth-order valence-corrected chi connectivity index (χ4v) is 4.60. The number of hydrogen-bond donors (Lipinski definition) is 0. The third-order valence-corrected chi connectivity index (χ3v) is 6.36. The minimum atomic E-state index is -0.0477. The van der Waals surface area contributed by atoms with Gasteiger partial charge in [0.25, 0.3) is 5.91 Å². The molecule has 0 radical (unpaired) electrons. The molecule has 1 saturated heterocycles. The van der Waals surface area contributed by atoms with Crippen LogP contribution in [0.15, 0.2) is 5.38 Å². The number of fused-ring (bicyclic) bond motifs is 1. The lowest BCUT2D eigenvalue weighted by Gasteiger charge is -2.34. The van der Waals surface area contributed by atoms with E-state index in [4.69, 9.17) is 9.47 Å². The molecule has 142 valence electrons. The lowest BCUT2D eigenvalue weighted by atomic mass is 10.0. The molecule has 1 atom stereocenters. The molecule has 1 aromatic rings. The minimum absolute atomic E-state index is 0.0477. The topological polar surface area (TPSA) is 59.1 Å². The molecule has 1 aromatic heterocycles. The highest BCUT2D eigenvalue weighted by atomic mass is 32.1. The maximum Gasteiger partial charge on any atom is 0.267 e. The van der Waals surface area contributed by atoms with Crippen LogP contribution in [0.3, 0.4) is 0 Å². The van der Waals surface area contributed by atoms with Gasteiger partial charge in [0.1, 0.15) is 18.1 Å². The van der Waals surface area contributed by atoms with Crippen molar-refractivity contribution in [2.75, 3.05) is 32.8 Å². The summed E-state index contributed by atoms with van der Waals surface area (Å²) >= 11 is 1.37. The van der Waals surface area contributed by atoms with Crippen LogP contribution in [0.1, 0.15) is 42.8 Å². The number of carbonyl (C=O) groups is 2. The molecular weight excluding hydrogens is 352 g/mol. The van der Waals surface area contributed by atoms with Gasteiger partial charge in [-0.2, -0.15) is 0 Å². The van der Waals surface area contributed by atoms with Gasteiger partial charge in [-0.1, -0.05) is 13.8 Å². The van der Waals surface area contributed by atoms with Gasteiger partial charge in [0.15, 0.2) is 11.5 Å². The minimum Gasteiger partial charge on any atom is -0.485 e. The summed E-state index contributed by atoms with van der Waals surface area (Å²) in [5, 5.41) is 1.84. The number of ether oxygens (including phenoxy) is 2. The summed E-state index contributed by atoms with van der Waals surface area (Å²) in [5.74, 6) is 2.32. The second kappa shape index (κ2) is 7.10. The van der Waals surface area contributed by atoms with Gasteiger partial charge in [-0.25, -0.2) is 0 Å². The largest absolute Gasteiger partial charge is 0.485 e. The third kappa shape index (κ3) is 3.41. The summed E-state index contributed by atoms with van der Waals surface area (Å²) in [6, 6.07) is 0.0718. The fraction of sp³-hybridized carbons (Fsp3) is 0.684. The fourth-order valence-electron chi connectivity index (χ4n) is 3.70. The van der Waals surface area contributed by atoms with E-state index < -0.39 is 0 Å². The summed E-state index contributed by atoms with van der Waals surface area (Å²) in [6.45, 7) is 7.14. The molecule has 1 aliphatic carbocycles. The summed E-state index contributed by atoms with van der Waals surface area (Å²) in [7, 11) is 0. The van der Waals surface area contributed by atoms with Gasteiger partial charge in [0.2, 0.25) is 5.91 Å². The lowest BCUT2D eigenvalue weighted by molar-refractivity contribution is -0.133. The smallest absolute Gasteiger partial charge is 0.267 e. The summed E-state index contributed by atoms with van der Waals surface area (Å²) in [6.07, 6.45) is 2.83. The average molecular weight is 378 g/mol. The van der Waals surface area contributed by atoms with Gasteiger partial charge in [0.05, 0.1) is 6.04 Å². The van der Waals surface area contributed by atoms with Gasteiger partial charge in [-0.15, -0.1) is 11.3 Å². The van der Waals surface area contributed by atoms with Gasteiger partial charge < -0.3 is 19.3 Å². The van der Waals surface area contributed by atoms with Crippen molar-refractivity contribution in [3.8, 4) is 11.5 Å². The van der Waals surface area contributed by atoms with Crippen LogP contribution in [0.25, 0.3) is 0 Å². The summed E-state index contributed by atoms with van der Waals surface area (Å²) in [5.41, 5.74) is 0. The molecule has 26 heavy (non-hydrogen) atoms. The van der Waals surface area contributed by atoms with Crippen molar-refractivity contribution in [3.05, 3.63) is 10.3 Å². The first-order chi connectivity index (χ1) is 12.5. The Hall–Kier alpha value is -1.76. The highest BCUT2D eigenvalue weighted by Crippen LogP contribution is 2.40. The van der Waals surface area contributed by atoms with Gasteiger partial charge in [0, 0.05) is 31.4 Å². The predicted octanol–water partition coefficient (Wildman–Crippen LogP) is 2.63. The first-order valence-electron chi connectivity index (χ1n) is 9.50. The van der Waals surface area contributed by atoms with E-state index in [9.17, 15) is 9.59 Å². The van der Waals surface area contributed by atoms with Gasteiger partial charge in [-0.05, 0) is 24.7 Å². The molecule has 3 aliphatic rings. The van der Waals surface area contributed by atoms with E-state index >= 15 is 0 Å². The second-order valence-corrected chi connectivity index (χ2v) is 8.64. The average Bonchev–Trinajstić information content (AvgIpc) is 3.38. The Morgan fingerprint density at radius 3 is 2.81 bits per heavy atom. The van der Waals surface area contributed by atoms with Crippen LogP contribution in [0.2, 0.25) is 0 Å². The van der Waals surface area contributed by atoms with Gasteiger partial charge >= 0.3 is 0 Å². The first kappa shape index (κ1) is 17.6. The lowest BCUT2D eigenvalue weighted by Crippen LogP contribution is -2.48. The van der Waals surface area contributed by atoms with E-state index in [0.29, 0.717) is 60.9 Å². The maximum atomic E-state index is 13.2. The van der Waals surface area contributed by atoms with Crippen LogP contribution in [0, 0.1) is 11.8 Å². The van der Waals surface area contributed by atoms with Crippen molar-refractivity contribution in [3.63, 3.8) is 0 Å². The van der Waals surface area contributed by atoms with Crippen molar-refractivity contribution < 1.29 is 19.1 Å². The molecule has 2 fully saturated rings. The molecule has 0 bridgehead atoms. The van der Waals surface area contributed by atoms with Gasteiger partial charge in [-0.3, -0.25) is 9.59 Å². The zero-order valence-electron chi connectivity index (χ0n) is 15.4. The quantitative estimate of drug-likeness (QED) is 0.808. The number of amides is 2. The molecule has 3 heterocycles. The van der Waals surface area contributed by atoms with Crippen molar-refractivity contribution in [2.45, 2.75) is 39.2 Å². The molecule has 4 rings (SSSR count). The Bertz CT molecular complexity index is 698. The van der Waals surface area contributed by atoms with E-state index in [1.165, 1.54) is 24.2 Å². The Morgan fingerprint density at radius 2 is 2.08 bits per heavy atom. The molecule has 0 spiro atoms. The molecule has 7 heteroatoms. The Balaban J connectivity index is 1.55. The first-order valence-corrected chi connectivity index (χ1v) is 10.4. The highest BCUT2D eigenvalue weighted by molar-refractivity contribution is 7.12. The second-order valence-electron chi connectivity index (χ2n) is 7.76. The van der Waals surface area contributed by atoms with Crippen LogP contribution < -0.4 is 9.47 Å². The summed E-state index contributed by atoms with van der Waals surface area (Å²) in [4.78, 5) is 30.4. The van der Waals surface area contributed by atoms with E-state index in [1.807, 2.05) is 15.2 Å². The molecule has 2 amide bonds. The maximum absolute atomic E-state index is 13.2. The number of hydrogen-bond acceptors (Lipinski definition) is 5. The zero-order chi connectivity index (χ0) is 18.3. The third-order valence-electron chi connectivity index (χ3n) is 5.43. The molecule has 1 saturated carbocycles. The molecule has 6 nitrogen and oxygen atoms in total. The van der Waals surface area contributed by atoms with E-state index in [1.54, 1.807) is 0 Å². The standard InChI is InChI=1S/C19H26N2O4S/c1-12(2)14-10-20(6-5-16(22)21(14)9-13-3-4-13)19(23)18-17-15(11-26-18)24-7-8-25-17/h11-14H,3-10H2,1-2H3/t14-/m1/s1. The number of nitrogens with zero attached hydrogens (tertiary/aromatic N) is 2. The number of rotatable bonds is 4. The van der Waals surface area contributed by atoms with Crippen molar-refractivity contribution in [1.29, 1.82) is 0 Å². The van der Waals surface area contributed by atoms with Crippen molar-refractivity contribution >= 4 is 23.2 Å². The van der Waals surface area contributed by atoms with E-state index in [-0.39, 0.29) is 17.9 Å². The predicted molar refractivity (Wildman–Crippen MR) is 98.9 cm³/mol. The van der Waals surface area contributed by atoms with Crippen LogP contribution in [0.4, 0.5) is 0 Å². The van der Waals surface area contributed by atoms with Crippen molar-refractivity contribution in [1.82, 2.24) is 9.80 Å². The number of thiophene rings is 1. The van der Waals surface area contributed by atoms with E-state index in [0.717, 1.165) is 6.54 Å². The van der Waals surface area contributed by atoms with Crippen molar-refractivity contribution in [2.24, 2.45) is 11.8 Å². The SMILES string of the molecule is CC(C)[C@H]1CN(C(=O)c2scc3c2OCCO3)CCC(=O)N1CC1CC1. The molecule has 0 unspecified atom stereocenters.